The smallest absolute Gasteiger partial charge is 0.262 e. The average molecular weight is 240 g/mol. The second kappa shape index (κ2) is 2.67. The molecule has 0 spiro atoms. The van der Waals surface area contributed by atoms with Crippen LogP contribution in [-0.4, -0.2) is 23.8 Å². The standard InChI is InChI=1S/C9H6BrNO2/c1-11-8(12)5-3-2-4-6(10)7(5)9(11)13/h2-4H,1H3. The number of fused-ring (bicyclic) bond motifs is 1. The van der Waals surface area contributed by atoms with Crippen LogP contribution in [-0.2, 0) is 0 Å². The number of carbonyl (C=O) groups is 2. The van der Waals surface area contributed by atoms with Crippen LogP contribution in [0, 0.1) is 0 Å². The number of hydrogen-bond acceptors (Lipinski definition) is 2. The molecule has 0 unspecified atom stereocenters. The lowest BCUT2D eigenvalue weighted by Crippen LogP contribution is -2.24. The number of amides is 2. The predicted octanol–water partition coefficient (Wildman–Crippen LogP) is 1.67. The van der Waals surface area contributed by atoms with Crippen LogP contribution in [0.2, 0.25) is 0 Å². The molecule has 0 atom stereocenters. The third kappa shape index (κ3) is 1.02. The van der Waals surface area contributed by atoms with Gasteiger partial charge in [0.25, 0.3) is 11.8 Å². The van der Waals surface area contributed by atoms with Crippen LogP contribution in [0.4, 0.5) is 0 Å². The van der Waals surface area contributed by atoms with E-state index in [9.17, 15) is 9.59 Å². The summed E-state index contributed by atoms with van der Waals surface area (Å²) < 4.78 is 0.674. The van der Waals surface area contributed by atoms with Gasteiger partial charge in [-0.1, -0.05) is 6.07 Å². The number of hydrogen-bond donors (Lipinski definition) is 0. The molecule has 1 aromatic carbocycles. The van der Waals surface area contributed by atoms with Crippen molar-refractivity contribution in [2.24, 2.45) is 0 Å². The van der Waals surface area contributed by atoms with Crippen molar-refractivity contribution < 1.29 is 9.59 Å². The summed E-state index contributed by atoms with van der Waals surface area (Å²) in [5.74, 6) is -0.478. The van der Waals surface area contributed by atoms with E-state index in [-0.39, 0.29) is 11.8 Å². The van der Waals surface area contributed by atoms with E-state index in [1.54, 1.807) is 18.2 Å². The SMILES string of the molecule is CN1C(=O)c2cccc(Br)c2C1=O. The molecule has 0 fully saturated rings. The van der Waals surface area contributed by atoms with Gasteiger partial charge in [-0.05, 0) is 28.1 Å². The molecular formula is C9H6BrNO2. The highest BCUT2D eigenvalue weighted by Crippen LogP contribution is 2.28. The Labute approximate surface area is 83.5 Å². The summed E-state index contributed by atoms with van der Waals surface area (Å²) >= 11 is 3.24. The summed E-state index contributed by atoms with van der Waals surface area (Å²) in [7, 11) is 1.48. The second-order valence-corrected chi connectivity index (χ2v) is 3.69. The van der Waals surface area contributed by atoms with Crippen molar-refractivity contribution in [3.05, 3.63) is 33.8 Å². The van der Waals surface area contributed by atoms with Gasteiger partial charge in [0.15, 0.2) is 0 Å². The van der Waals surface area contributed by atoms with Crippen molar-refractivity contribution >= 4 is 27.7 Å². The largest absolute Gasteiger partial charge is 0.277 e. The molecule has 0 radical (unpaired) electrons. The first-order valence-electron chi connectivity index (χ1n) is 3.74. The number of benzene rings is 1. The molecule has 0 bridgehead atoms. The maximum Gasteiger partial charge on any atom is 0.262 e. The van der Waals surface area contributed by atoms with Gasteiger partial charge in [0.05, 0.1) is 11.1 Å². The van der Waals surface area contributed by atoms with Gasteiger partial charge in [-0.3, -0.25) is 14.5 Å². The van der Waals surface area contributed by atoms with Crippen LogP contribution in [0.3, 0.4) is 0 Å². The zero-order valence-corrected chi connectivity index (χ0v) is 8.46. The Balaban J connectivity index is 2.74. The topological polar surface area (TPSA) is 37.4 Å². The predicted molar refractivity (Wildman–Crippen MR) is 50.6 cm³/mol. The van der Waals surface area contributed by atoms with Gasteiger partial charge >= 0.3 is 0 Å². The number of carbonyl (C=O) groups excluding carboxylic acids is 2. The number of imide groups is 1. The van der Waals surface area contributed by atoms with E-state index in [1.165, 1.54) is 7.05 Å². The lowest BCUT2D eigenvalue weighted by atomic mass is 10.1. The minimum Gasteiger partial charge on any atom is -0.277 e. The van der Waals surface area contributed by atoms with Crippen LogP contribution in [0.5, 0.6) is 0 Å². The fourth-order valence-electron chi connectivity index (χ4n) is 1.36. The highest BCUT2D eigenvalue weighted by molar-refractivity contribution is 9.10. The molecule has 66 valence electrons. The third-order valence-electron chi connectivity index (χ3n) is 2.07. The van der Waals surface area contributed by atoms with E-state index >= 15 is 0 Å². The second-order valence-electron chi connectivity index (χ2n) is 2.83. The lowest BCUT2D eigenvalue weighted by Gasteiger charge is -2.02. The van der Waals surface area contributed by atoms with E-state index in [1.807, 2.05) is 0 Å². The van der Waals surface area contributed by atoms with E-state index in [2.05, 4.69) is 15.9 Å². The molecule has 0 aromatic heterocycles. The fourth-order valence-corrected chi connectivity index (χ4v) is 1.90. The minimum atomic E-state index is -0.243. The summed E-state index contributed by atoms with van der Waals surface area (Å²) in [5, 5.41) is 0. The molecule has 1 aliphatic rings. The monoisotopic (exact) mass is 239 g/mol. The fraction of sp³-hybridized carbons (Fsp3) is 0.111. The van der Waals surface area contributed by atoms with Crippen molar-refractivity contribution in [1.29, 1.82) is 0 Å². The Kier molecular flexibility index (Phi) is 1.73. The Morgan fingerprint density at radius 2 is 1.92 bits per heavy atom. The van der Waals surface area contributed by atoms with E-state index < -0.39 is 0 Å². The molecular weight excluding hydrogens is 234 g/mol. The average Bonchev–Trinajstić information content (AvgIpc) is 2.33. The molecule has 0 aliphatic carbocycles. The number of rotatable bonds is 0. The van der Waals surface area contributed by atoms with E-state index in [0.29, 0.717) is 15.6 Å². The summed E-state index contributed by atoms with van der Waals surface area (Å²) in [6, 6.07) is 5.15. The summed E-state index contributed by atoms with van der Waals surface area (Å²) in [5.41, 5.74) is 0.942. The highest BCUT2D eigenvalue weighted by Gasteiger charge is 2.33. The first-order valence-corrected chi connectivity index (χ1v) is 4.53. The minimum absolute atomic E-state index is 0.235. The van der Waals surface area contributed by atoms with Gasteiger partial charge in [-0.2, -0.15) is 0 Å². The van der Waals surface area contributed by atoms with Gasteiger partial charge in [-0.25, -0.2) is 0 Å². The summed E-state index contributed by atoms with van der Waals surface area (Å²) in [6.45, 7) is 0. The molecule has 4 heteroatoms. The van der Waals surface area contributed by atoms with Crippen LogP contribution in [0.25, 0.3) is 0 Å². The molecule has 1 heterocycles. The summed E-state index contributed by atoms with van der Waals surface area (Å²) in [6.07, 6.45) is 0. The van der Waals surface area contributed by atoms with Crippen molar-refractivity contribution in [2.45, 2.75) is 0 Å². The third-order valence-corrected chi connectivity index (χ3v) is 2.73. The molecule has 2 rings (SSSR count). The molecule has 0 N–H and O–H groups in total. The zero-order valence-electron chi connectivity index (χ0n) is 6.87. The van der Waals surface area contributed by atoms with Crippen molar-refractivity contribution in [1.82, 2.24) is 4.90 Å². The molecule has 0 saturated carbocycles. The zero-order chi connectivity index (χ0) is 9.59. The Bertz CT molecular complexity index is 414. The van der Waals surface area contributed by atoms with Crippen LogP contribution < -0.4 is 0 Å². The van der Waals surface area contributed by atoms with Crippen LogP contribution >= 0.6 is 15.9 Å². The van der Waals surface area contributed by atoms with Crippen molar-refractivity contribution in [3.63, 3.8) is 0 Å². The molecule has 2 amide bonds. The molecule has 1 aromatic rings. The quantitative estimate of drug-likeness (QED) is 0.647. The maximum atomic E-state index is 11.5. The van der Waals surface area contributed by atoms with Crippen molar-refractivity contribution in [2.75, 3.05) is 7.05 Å². The van der Waals surface area contributed by atoms with Gasteiger partial charge in [0, 0.05) is 11.5 Å². The van der Waals surface area contributed by atoms with E-state index in [0.717, 1.165) is 4.90 Å². The molecule has 13 heavy (non-hydrogen) atoms. The Hall–Kier alpha value is -1.16. The Morgan fingerprint density at radius 1 is 1.23 bits per heavy atom. The first-order chi connectivity index (χ1) is 6.13. The highest BCUT2D eigenvalue weighted by atomic mass is 79.9. The normalized spacial score (nSPS) is 15.1. The van der Waals surface area contributed by atoms with Gasteiger partial charge in [-0.15, -0.1) is 0 Å². The Morgan fingerprint density at radius 3 is 2.54 bits per heavy atom. The maximum absolute atomic E-state index is 11.5. The number of nitrogens with zero attached hydrogens (tertiary/aromatic N) is 1. The van der Waals surface area contributed by atoms with Gasteiger partial charge in [0.2, 0.25) is 0 Å². The first kappa shape index (κ1) is 8.44. The van der Waals surface area contributed by atoms with Crippen molar-refractivity contribution in [3.8, 4) is 0 Å². The van der Waals surface area contributed by atoms with Gasteiger partial charge < -0.3 is 0 Å². The molecule has 1 aliphatic heterocycles. The van der Waals surface area contributed by atoms with Gasteiger partial charge in [0.1, 0.15) is 0 Å². The van der Waals surface area contributed by atoms with E-state index in [4.69, 9.17) is 0 Å². The lowest BCUT2D eigenvalue weighted by molar-refractivity contribution is 0.0693. The van der Waals surface area contributed by atoms with Crippen LogP contribution in [0.1, 0.15) is 20.7 Å². The summed E-state index contributed by atoms with van der Waals surface area (Å²) in [4.78, 5) is 24.1. The number of halogens is 1. The molecule has 3 nitrogen and oxygen atoms in total. The molecule has 0 saturated heterocycles. The van der Waals surface area contributed by atoms with Crippen LogP contribution in [0.15, 0.2) is 22.7 Å².